The zero-order chi connectivity index (χ0) is 11.7. The monoisotopic (exact) mass is 241 g/mol. The lowest BCUT2D eigenvalue weighted by Crippen LogP contribution is -2.24. The van der Waals surface area contributed by atoms with Crippen molar-refractivity contribution in [3.63, 3.8) is 0 Å². The molecule has 1 N–H and O–H groups in total. The number of aromatic carboxylic acids is 1. The second-order valence-electron chi connectivity index (χ2n) is 3.21. The molecule has 1 amide bonds. The summed E-state index contributed by atoms with van der Waals surface area (Å²) in [6, 6.07) is 4.51. The van der Waals surface area contributed by atoms with Crippen molar-refractivity contribution >= 4 is 29.4 Å². The van der Waals surface area contributed by atoms with Crippen molar-refractivity contribution in [2.24, 2.45) is 0 Å². The molecule has 0 radical (unpaired) electrons. The average Bonchev–Trinajstić information content (AvgIpc) is 2.64. The Balaban J connectivity index is 2.45. The third-order valence-corrected chi connectivity index (χ3v) is 2.66. The van der Waals surface area contributed by atoms with Crippen LogP contribution in [0, 0.1) is 0 Å². The predicted molar refractivity (Wildman–Crippen MR) is 57.1 cm³/mol. The van der Waals surface area contributed by atoms with Crippen LogP contribution in [0.15, 0.2) is 18.2 Å². The SMILES string of the molecule is O=C(O)c1cccc(N2CCOC2=O)c1Cl. The Kier molecular flexibility index (Phi) is 2.70. The molecule has 0 saturated carbocycles. The van der Waals surface area contributed by atoms with Gasteiger partial charge in [0, 0.05) is 0 Å². The zero-order valence-electron chi connectivity index (χ0n) is 8.14. The van der Waals surface area contributed by atoms with Gasteiger partial charge in [-0.15, -0.1) is 0 Å². The Labute approximate surface area is 96.2 Å². The fourth-order valence-corrected chi connectivity index (χ4v) is 1.81. The lowest BCUT2D eigenvalue weighted by Gasteiger charge is -2.15. The molecule has 6 heteroatoms. The van der Waals surface area contributed by atoms with Crippen LogP contribution in [0.5, 0.6) is 0 Å². The Hall–Kier alpha value is -1.75. The molecule has 84 valence electrons. The number of anilines is 1. The third kappa shape index (κ3) is 1.69. The van der Waals surface area contributed by atoms with E-state index in [1.807, 2.05) is 0 Å². The van der Waals surface area contributed by atoms with Gasteiger partial charge in [0.15, 0.2) is 0 Å². The molecule has 1 aliphatic rings. The summed E-state index contributed by atoms with van der Waals surface area (Å²) in [5.41, 5.74) is 0.336. The van der Waals surface area contributed by atoms with Gasteiger partial charge in [-0.2, -0.15) is 0 Å². The second kappa shape index (κ2) is 4.02. The fourth-order valence-electron chi connectivity index (χ4n) is 1.51. The first-order valence-corrected chi connectivity index (χ1v) is 4.95. The standard InChI is InChI=1S/C10H8ClNO4/c11-8-6(9(13)14)2-1-3-7(8)12-4-5-16-10(12)15/h1-3H,4-5H2,(H,13,14). The first kappa shape index (κ1) is 10.8. The highest BCUT2D eigenvalue weighted by atomic mass is 35.5. The summed E-state index contributed by atoms with van der Waals surface area (Å²) in [5, 5.41) is 8.93. The molecule has 0 aliphatic carbocycles. The number of halogens is 1. The van der Waals surface area contributed by atoms with Crippen LogP contribution in [0.4, 0.5) is 10.5 Å². The van der Waals surface area contributed by atoms with Crippen molar-refractivity contribution in [2.45, 2.75) is 0 Å². The highest BCUT2D eigenvalue weighted by molar-refractivity contribution is 6.36. The highest BCUT2D eigenvalue weighted by Crippen LogP contribution is 2.30. The first-order valence-electron chi connectivity index (χ1n) is 4.57. The Morgan fingerprint density at radius 3 is 2.81 bits per heavy atom. The van der Waals surface area contributed by atoms with Gasteiger partial charge in [0.1, 0.15) is 6.61 Å². The maximum Gasteiger partial charge on any atom is 0.414 e. The molecule has 2 rings (SSSR count). The van der Waals surface area contributed by atoms with E-state index in [1.165, 1.54) is 17.0 Å². The lowest BCUT2D eigenvalue weighted by atomic mass is 10.2. The predicted octanol–water partition coefficient (Wildman–Crippen LogP) is 1.99. The minimum Gasteiger partial charge on any atom is -0.478 e. The molecule has 5 nitrogen and oxygen atoms in total. The van der Waals surface area contributed by atoms with Crippen LogP contribution in [-0.4, -0.2) is 30.3 Å². The van der Waals surface area contributed by atoms with Crippen LogP contribution in [-0.2, 0) is 4.74 Å². The lowest BCUT2D eigenvalue weighted by molar-refractivity contribution is 0.0697. The van der Waals surface area contributed by atoms with E-state index >= 15 is 0 Å². The summed E-state index contributed by atoms with van der Waals surface area (Å²) < 4.78 is 4.76. The van der Waals surface area contributed by atoms with Gasteiger partial charge >= 0.3 is 12.1 Å². The van der Waals surface area contributed by atoms with Crippen LogP contribution in [0.2, 0.25) is 5.02 Å². The Morgan fingerprint density at radius 2 is 2.25 bits per heavy atom. The van der Waals surface area contributed by atoms with Gasteiger partial charge in [-0.05, 0) is 12.1 Å². The molecular weight excluding hydrogens is 234 g/mol. The number of hydrogen-bond acceptors (Lipinski definition) is 3. The van der Waals surface area contributed by atoms with Crippen molar-refractivity contribution in [3.8, 4) is 0 Å². The van der Waals surface area contributed by atoms with Crippen LogP contribution in [0.1, 0.15) is 10.4 Å². The van der Waals surface area contributed by atoms with Gasteiger partial charge in [-0.1, -0.05) is 17.7 Å². The van der Waals surface area contributed by atoms with Crippen molar-refractivity contribution < 1.29 is 19.4 Å². The first-order chi connectivity index (χ1) is 7.61. The van der Waals surface area contributed by atoms with Crippen molar-refractivity contribution in [1.82, 2.24) is 0 Å². The minimum absolute atomic E-state index is 0.0288. The molecule has 1 fully saturated rings. The van der Waals surface area contributed by atoms with Crippen LogP contribution in [0.25, 0.3) is 0 Å². The summed E-state index contributed by atoms with van der Waals surface area (Å²) in [4.78, 5) is 23.5. The number of rotatable bonds is 2. The number of nitrogens with zero attached hydrogens (tertiary/aromatic N) is 1. The number of carbonyl (C=O) groups excluding carboxylic acids is 1. The number of hydrogen-bond donors (Lipinski definition) is 1. The number of carboxylic acids is 1. The number of ether oxygens (including phenoxy) is 1. The van der Waals surface area contributed by atoms with E-state index in [-0.39, 0.29) is 17.2 Å². The molecule has 16 heavy (non-hydrogen) atoms. The number of carbonyl (C=O) groups is 2. The van der Waals surface area contributed by atoms with E-state index in [1.54, 1.807) is 6.07 Å². The van der Waals surface area contributed by atoms with E-state index in [9.17, 15) is 9.59 Å². The van der Waals surface area contributed by atoms with Crippen molar-refractivity contribution in [1.29, 1.82) is 0 Å². The molecule has 0 unspecified atom stereocenters. The molecule has 1 aromatic rings. The van der Waals surface area contributed by atoms with Crippen molar-refractivity contribution in [2.75, 3.05) is 18.1 Å². The van der Waals surface area contributed by atoms with Gasteiger partial charge in [0.2, 0.25) is 0 Å². The molecule has 1 aliphatic heterocycles. The number of cyclic esters (lactones) is 1. The molecule has 0 bridgehead atoms. The van der Waals surface area contributed by atoms with Crippen LogP contribution < -0.4 is 4.90 Å². The molecule has 0 atom stereocenters. The van der Waals surface area contributed by atoms with E-state index in [0.29, 0.717) is 12.2 Å². The van der Waals surface area contributed by atoms with E-state index in [2.05, 4.69) is 0 Å². The Bertz CT molecular complexity index is 460. The van der Waals surface area contributed by atoms with E-state index in [0.717, 1.165) is 0 Å². The van der Waals surface area contributed by atoms with Gasteiger partial charge in [-0.3, -0.25) is 4.90 Å². The molecule has 0 spiro atoms. The number of carboxylic acid groups (broad SMARTS) is 1. The molecular formula is C10H8ClNO4. The largest absolute Gasteiger partial charge is 0.478 e. The van der Waals surface area contributed by atoms with Gasteiger partial charge < -0.3 is 9.84 Å². The minimum atomic E-state index is -1.13. The summed E-state index contributed by atoms with van der Waals surface area (Å²) >= 11 is 5.92. The summed E-state index contributed by atoms with van der Waals surface area (Å²) in [6.07, 6.45) is -0.510. The van der Waals surface area contributed by atoms with Gasteiger partial charge in [0.25, 0.3) is 0 Å². The molecule has 1 aromatic carbocycles. The van der Waals surface area contributed by atoms with E-state index < -0.39 is 12.1 Å². The quantitative estimate of drug-likeness (QED) is 0.860. The summed E-state index contributed by atoms with van der Waals surface area (Å²) in [7, 11) is 0. The maximum atomic E-state index is 11.3. The summed E-state index contributed by atoms with van der Waals surface area (Å²) in [6.45, 7) is 0.661. The van der Waals surface area contributed by atoms with Gasteiger partial charge in [0.05, 0.1) is 22.8 Å². The third-order valence-electron chi connectivity index (χ3n) is 2.26. The fraction of sp³-hybridized carbons (Fsp3) is 0.200. The number of benzene rings is 1. The zero-order valence-corrected chi connectivity index (χ0v) is 8.90. The normalized spacial score (nSPS) is 15.1. The van der Waals surface area contributed by atoms with Crippen LogP contribution >= 0.6 is 11.6 Å². The smallest absolute Gasteiger partial charge is 0.414 e. The Morgan fingerprint density at radius 1 is 1.50 bits per heavy atom. The van der Waals surface area contributed by atoms with Crippen LogP contribution in [0.3, 0.4) is 0 Å². The molecule has 0 aromatic heterocycles. The van der Waals surface area contributed by atoms with Crippen molar-refractivity contribution in [3.05, 3.63) is 28.8 Å². The second-order valence-corrected chi connectivity index (χ2v) is 3.59. The summed E-state index contributed by atoms with van der Waals surface area (Å²) in [5.74, 6) is -1.13. The average molecular weight is 242 g/mol. The van der Waals surface area contributed by atoms with E-state index in [4.69, 9.17) is 21.4 Å². The number of amides is 1. The maximum absolute atomic E-state index is 11.3. The van der Waals surface area contributed by atoms with Gasteiger partial charge in [-0.25, -0.2) is 9.59 Å². The molecule has 1 saturated heterocycles. The molecule has 1 heterocycles. The highest BCUT2D eigenvalue weighted by Gasteiger charge is 2.27. The topological polar surface area (TPSA) is 66.8 Å².